The predicted molar refractivity (Wildman–Crippen MR) is 123 cm³/mol. The predicted octanol–water partition coefficient (Wildman–Crippen LogP) is 3.63. The zero-order chi connectivity index (χ0) is 21.4. The van der Waals surface area contributed by atoms with Crippen molar-refractivity contribution in [3.05, 3.63) is 78.2 Å². The fourth-order valence-corrected chi connectivity index (χ4v) is 5.51. The van der Waals surface area contributed by atoms with Gasteiger partial charge in [-0.1, -0.05) is 12.1 Å². The van der Waals surface area contributed by atoms with Gasteiger partial charge in [-0.05, 0) is 59.4 Å². The lowest BCUT2D eigenvalue weighted by molar-refractivity contribution is 0.742. The number of imidazole rings is 1. The van der Waals surface area contributed by atoms with E-state index in [4.69, 9.17) is 16.0 Å². The van der Waals surface area contributed by atoms with Crippen LogP contribution >= 0.6 is 0 Å². The smallest absolute Gasteiger partial charge is 0.161 e. The van der Waals surface area contributed by atoms with Crippen molar-refractivity contribution in [2.24, 2.45) is 17.6 Å². The van der Waals surface area contributed by atoms with Gasteiger partial charge in [0.25, 0.3) is 0 Å². The SMILES string of the molecule is N#Cc1ccc(-c2cc3n(c2)Cc2cc(N4C[C@@H]5[C@@H](N)[C@@H]5C4)ccc2-n2ccnc2-3)cc1. The quantitative estimate of drug-likeness (QED) is 0.475. The third-order valence-electron chi connectivity index (χ3n) is 7.40. The Balaban J connectivity index is 1.30. The minimum Gasteiger partial charge on any atom is -0.371 e. The van der Waals surface area contributed by atoms with E-state index in [0.717, 1.165) is 42.3 Å². The summed E-state index contributed by atoms with van der Waals surface area (Å²) in [6, 6.07) is 19.4. The summed E-state index contributed by atoms with van der Waals surface area (Å²) in [5, 5.41) is 9.10. The first-order valence-electron chi connectivity index (χ1n) is 11.1. The molecule has 1 saturated heterocycles. The fourth-order valence-electron chi connectivity index (χ4n) is 5.51. The van der Waals surface area contributed by atoms with Gasteiger partial charge in [-0.2, -0.15) is 5.26 Å². The van der Waals surface area contributed by atoms with Crippen molar-refractivity contribution in [1.82, 2.24) is 14.1 Å². The summed E-state index contributed by atoms with van der Waals surface area (Å²) in [6.45, 7) is 2.93. The van der Waals surface area contributed by atoms with Crippen molar-refractivity contribution in [2.75, 3.05) is 18.0 Å². The van der Waals surface area contributed by atoms with Crippen molar-refractivity contribution in [1.29, 1.82) is 5.26 Å². The van der Waals surface area contributed by atoms with Crippen molar-refractivity contribution >= 4 is 5.69 Å². The van der Waals surface area contributed by atoms with Gasteiger partial charge in [0.15, 0.2) is 5.82 Å². The average molecular weight is 419 g/mol. The Bertz CT molecular complexity index is 1390. The van der Waals surface area contributed by atoms with E-state index in [2.05, 4.69) is 50.6 Å². The number of benzene rings is 2. The molecule has 0 spiro atoms. The standard InChI is InChI=1S/C26H22N6/c27-11-16-1-3-17(4-2-16)18-10-24-26-29-7-8-32(26)23-6-5-20(9-19(23)13-31(24)12-18)30-14-21-22(15-30)25(21)28/h1-10,12,21-22,25H,13-15,28H2/t21-,22+,25+. The summed E-state index contributed by atoms with van der Waals surface area (Å²) in [5.74, 6) is 2.28. The molecule has 0 amide bonds. The van der Waals surface area contributed by atoms with Crippen LogP contribution in [0.15, 0.2) is 67.1 Å². The first kappa shape index (κ1) is 17.8. The summed E-state index contributed by atoms with van der Waals surface area (Å²) in [6.07, 6.45) is 6.11. The van der Waals surface area contributed by atoms with Gasteiger partial charge in [0.05, 0.1) is 23.0 Å². The Morgan fingerprint density at radius 1 is 1.00 bits per heavy atom. The molecule has 6 heteroatoms. The molecule has 2 aromatic heterocycles. The van der Waals surface area contributed by atoms with Gasteiger partial charge in [0.2, 0.25) is 0 Å². The van der Waals surface area contributed by atoms with Gasteiger partial charge in [0.1, 0.15) is 0 Å². The fraction of sp³-hybridized carbons (Fsp3) is 0.231. The van der Waals surface area contributed by atoms with Crippen LogP contribution < -0.4 is 10.6 Å². The van der Waals surface area contributed by atoms with E-state index < -0.39 is 0 Å². The minimum absolute atomic E-state index is 0.406. The van der Waals surface area contributed by atoms with Gasteiger partial charge in [-0.3, -0.25) is 4.57 Å². The maximum absolute atomic E-state index is 9.10. The molecule has 2 aromatic carbocycles. The zero-order valence-corrected chi connectivity index (χ0v) is 17.5. The first-order valence-corrected chi connectivity index (χ1v) is 11.1. The van der Waals surface area contributed by atoms with Gasteiger partial charge in [-0.15, -0.1) is 0 Å². The highest BCUT2D eigenvalue weighted by Crippen LogP contribution is 2.45. The number of nitrogens with two attached hydrogens (primary N) is 1. The molecule has 7 rings (SSSR count). The van der Waals surface area contributed by atoms with Crippen LogP contribution in [0, 0.1) is 23.2 Å². The van der Waals surface area contributed by atoms with Crippen LogP contribution in [0.1, 0.15) is 11.1 Å². The lowest BCUT2D eigenvalue weighted by Gasteiger charge is -2.23. The zero-order valence-electron chi connectivity index (χ0n) is 17.5. The Morgan fingerprint density at radius 3 is 2.59 bits per heavy atom. The maximum atomic E-state index is 9.10. The number of hydrogen-bond acceptors (Lipinski definition) is 4. The van der Waals surface area contributed by atoms with Crippen molar-refractivity contribution in [3.63, 3.8) is 0 Å². The highest BCUT2D eigenvalue weighted by molar-refractivity contribution is 5.72. The van der Waals surface area contributed by atoms with Gasteiger partial charge >= 0.3 is 0 Å². The van der Waals surface area contributed by atoms with Crippen molar-refractivity contribution in [2.45, 2.75) is 12.6 Å². The molecular formula is C26H22N6. The topological polar surface area (TPSA) is 75.8 Å². The molecule has 1 aliphatic carbocycles. The average Bonchev–Trinajstić information content (AvgIpc) is 3.32. The van der Waals surface area contributed by atoms with E-state index in [1.807, 2.05) is 36.7 Å². The van der Waals surface area contributed by atoms with Crippen LogP contribution in [-0.2, 0) is 6.54 Å². The van der Waals surface area contributed by atoms with Crippen molar-refractivity contribution in [3.8, 4) is 34.4 Å². The van der Waals surface area contributed by atoms with E-state index in [0.29, 0.717) is 23.4 Å². The number of rotatable bonds is 2. The third kappa shape index (κ3) is 2.52. The molecule has 1 saturated carbocycles. The molecule has 2 fully saturated rings. The summed E-state index contributed by atoms with van der Waals surface area (Å²) in [5.41, 5.74) is 13.9. The molecule has 3 aliphatic rings. The summed E-state index contributed by atoms with van der Waals surface area (Å²) >= 11 is 0. The number of anilines is 1. The lowest BCUT2D eigenvalue weighted by atomic mass is 10.1. The molecule has 2 aliphatic heterocycles. The minimum atomic E-state index is 0.406. The molecule has 4 heterocycles. The molecule has 0 bridgehead atoms. The van der Waals surface area contributed by atoms with Crippen LogP contribution in [0.25, 0.3) is 28.3 Å². The monoisotopic (exact) mass is 418 g/mol. The lowest BCUT2D eigenvalue weighted by Crippen LogP contribution is -2.28. The largest absolute Gasteiger partial charge is 0.371 e. The molecule has 0 radical (unpaired) electrons. The van der Waals surface area contributed by atoms with E-state index in [9.17, 15) is 0 Å². The molecule has 32 heavy (non-hydrogen) atoms. The number of piperidine rings is 1. The Labute approximate surface area is 186 Å². The van der Waals surface area contributed by atoms with E-state index in [-0.39, 0.29) is 0 Å². The number of hydrogen-bond donors (Lipinski definition) is 1. The molecule has 0 unspecified atom stereocenters. The van der Waals surface area contributed by atoms with Gasteiger partial charge in [-0.25, -0.2) is 4.98 Å². The van der Waals surface area contributed by atoms with Gasteiger partial charge in [0, 0.05) is 55.5 Å². The second-order valence-electron chi connectivity index (χ2n) is 9.17. The highest BCUT2D eigenvalue weighted by Gasteiger charge is 2.53. The molecule has 156 valence electrons. The second kappa shape index (κ2) is 6.35. The Morgan fingerprint density at radius 2 is 1.81 bits per heavy atom. The summed E-state index contributed by atoms with van der Waals surface area (Å²) in [4.78, 5) is 7.17. The van der Waals surface area contributed by atoms with Crippen molar-refractivity contribution < 1.29 is 0 Å². The Kier molecular flexibility index (Phi) is 3.53. The summed E-state index contributed by atoms with van der Waals surface area (Å²) < 4.78 is 4.48. The van der Waals surface area contributed by atoms with Crippen LogP contribution in [-0.4, -0.2) is 33.2 Å². The molecule has 4 aromatic rings. The van der Waals surface area contributed by atoms with E-state index in [1.54, 1.807) is 0 Å². The van der Waals surface area contributed by atoms with Crippen LogP contribution in [0.3, 0.4) is 0 Å². The van der Waals surface area contributed by atoms with E-state index >= 15 is 0 Å². The highest BCUT2D eigenvalue weighted by atomic mass is 15.2. The number of nitrogens with zero attached hydrogens (tertiary/aromatic N) is 5. The van der Waals surface area contributed by atoms with Crippen LogP contribution in [0.2, 0.25) is 0 Å². The number of nitriles is 1. The molecule has 3 atom stereocenters. The van der Waals surface area contributed by atoms with Gasteiger partial charge < -0.3 is 15.2 Å². The third-order valence-corrected chi connectivity index (χ3v) is 7.40. The molecule has 2 N–H and O–H groups in total. The van der Waals surface area contributed by atoms with Crippen LogP contribution in [0.5, 0.6) is 0 Å². The number of aromatic nitrogens is 3. The molecule has 6 nitrogen and oxygen atoms in total. The van der Waals surface area contributed by atoms with E-state index in [1.165, 1.54) is 16.9 Å². The number of fused-ring (bicyclic) bond motifs is 6. The van der Waals surface area contributed by atoms with Crippen LogP contribution in [0.4, 0.5) is 5.69 Å². The normalized spacial score (nSPS) is 22.4. The molecular weight excluding hydrogens is 396 g/mol. The maximum Gasteiger partial charge on any atom is 0.161 e. The Hall–Kier alpha value is -3.82. The summed E-state index contributed by atoms with van der Waals surface area (Å²) in [7, 11) is 0. The first-order chi connectivity index (χ1) is 15.7. The second-order valence-corrected chi connectivity index (χ2v) is 9.17.